The summed E-state index contributed by atoms with van der Waals surface area (Å²) in [4.78, 5) is 0. The molecule has 0 atom stereocenters. The molecule has 0 saturated heterocycles. The summed E-state index contributed by atoms with van der Waals surface area (Å²) < 4.78 is 19.2. The molecule has 2 aromatic rings. The summed E-state index contributed by atoms with van der Waals surface area (Å²) in [7, 11) is 0. The van der Waals surface area contributed by atoms with Gasteiger partial charge in [0.05, 0.1) is 6.61 Å². The van der Waals surface area contributed by atoms with Gasteiger partial charge in [-0.3, -0.25) is 0 Å². The van der Waals surface area contributed by atoms with Gasteiger partial charge < -0.3 is 9.84 Å². The highest BCUT2D eigenvalue weighted by Crippen LogP contribution is 2.36. The minimum absolute atomic E-state index is 0.00514. The molecule has 0 heterocycles. The van der Waals surface area contributed by atoms with Gasteiger partial charge in [-0.05, 0) is 49.7 Å². The first-order valence-corrected chi connectivity index (χ1v) is 6.32. The zero-order valence-corrected chi connectivity index (χ0v) is 11.5. The second kappa shape index (κ2) is 5.49. The van der Waals surface area contributed by atoms with E-state index in [-0.39, 0.29) is 11.3 Å². The second-order valence-corrected chi connectivity index (χ2v) is 4.60. The molecule has 0 saturated carbocycles. The third kappa shape index (κ3) is 2.82. The average Bonchev–Trinajstić information content (AvgIpc) is 2.37. The van der Waals surface area contributed by atoms with Crippen LogP contribution in [0.1, 0.15) is 12.5 Å². The number of benzene rings is 2. The van der Waals surface area contributed by atoms with Gasteiger partial charge in [-0.15, -0.1) is 0 Å². The Morgan fingerprint density at radius 3 is 2.63 bits per heavy atom. The fourth-order valence-electron chi connectivity index (χ4n) is 1.85. The molecule has 2 aromatic carbocycles. The zero-order chi connectivity index (χ0) is 14.0. The summed E-state index contributed by atoms with van der Waals surface area (Å²) in [5.74, 6) is 0.114. The Labute approximate surface area is 116 Å². The van der Waals surface area contributed by atoms with Crippen molar-refractivity contribution in [3.63, 3.8) is 0 Å². The summed E-state index contributed by atoms with van der Waals surface area (Å²) in [6, 6.07) is 7.49. The number of ether oxygens (including phenoxy) is 1. The molecule has 0 fully saturated rings. The van der Waals surface area contributed by atoms with E-state index in [4.69, 9.17) is 16.3 Å². The molecular formula is C15H14ClFO2. The summed E-state index contributed by atoms with van der Waals surface area (Å²) in [5, 5.41) is 10.4. The van der Waals surface area contributed by atoms with E-state index in [1.54, 1.807) is 25.1 Å². The lowest BCUT2D eigenvalue weighted by atomic mass is 10.0. The SMILES string of the molecule is CCOc1ccc(F)c(-c2cc(Cl)c(C)cc2O)c1. The first-order chi connectivity index (χ1) is 9.02. The zero-order valence-electron chi connectivity index (χ0n) is 10.7. The normalized spacial score (nSPS) is 10.5. The van der Waals surface area contributed by atoms with E-state index in [9.17, 15) is 9.50 Å². The van der Waals surface area contributed by atoms with Crippen LogP contribution < -0.4 is 4.74 Å². The molecule has 0 aromatic heterocycles. The van der Waals surface area contributed by atoms with Gasteiger partial charge in [0.1, 0.15) is 17.3 Å². The molecule has 2 rings (SSSR count). The monoisotopic (exact) mass is 280 g/mol. The smallest absolute Gasteiger partial charge is 0.131 e. The molecule has 0 aliphatic carbocycles. The standard InChI is InChI=1S/C15H14ClFO2/c1-3-19-10-4-5-14(17)11(7-10)12-8-13(16)9(2)6-15(12)18/h4-8,18H,3H2,1-2H3. The number of hydrogen-bond acceptors (Lipinski definition) is 2. The Bertz CT molecular complexity index is 611. The highest BCUT2D eigenvalue weighted by molar-refractivity contribution is 6.31. The quantitative estimate of drug-likeness (QED) is 0.893. The Morgan fingerprint density at radius 1 is 1.21 bits per heavy atom. The van der Waals surface area contributed by atoms with E-state index in [0.29, 0.717) is 22.9 Å². The lowest BCUT2D eigenvalue weighted by Crippen LogP contribution is -1.93. The van der Waals surface area contributed by atoms with E-state index >= 15 is 0 Å². The van der Waals surface area contributed by atoms with Crippen LogP contribution in [0.4, 0.5) is 4.39 Å². The highest BCUT2D eigenvalue weighted by Gasteiger charge is 2.13. The van der Waals surface area contributed by atoms with Crippen molar-refractivity contribution >= 4 is 11.6 Å². The van der Waals surface area contributed by atoms with Gasteiger partial charge in [-0.25, -0.2) is 4.39 Å². The van der Waals surface area contributed by atoms with Gasteiger partial charge in [-0.2, -0.15) is 0 Å². The maximum atomic E-state index is 13.9. The van der Waals surface area contributed by atoms with Gasteiger partial charge >= 0.3 is 0 Å². The van der Waals surface area contributed by atoms with Gasteiger partial charge in [0, 0.05) is 16.1 Å². The molecule has 0 amide bonds. The van der Waals surface area contributed by atoms with Crippen LogP contribution in [0.5, 0.6) is 11.5 Å². The Morgan fingerprint density at radius 2 is 1.95 bits per heavy atom. The largest absolute Gasteiger partial charge is 0.507 e. The van der Waals surface area contributed by atoms with Crippen LogP contribution in [-0.4, -0.2) is 11.7 Å². The third-order valence-electron chi connectivity index (χ3n) is 2.82. The van der Waals surface area contributed by atoms with Gasteiger partial charge in [0.25, 0.3) is 0 Å². The van der Waals surface area contributed by atoms with Crippen molar-refractivity contribution in [2.45, 2.75) is 13.8 Å². The summed E-state index contributed by atoms with van der Waals surface area (Å²) in [6.07, 6.45) is 0. The van der Waals surface area contributed by atoms with Crippen LogP contribution in [0.2, 0.25) is 5.02 Å². The van der Waals surface area contributed by atoms with Crippen molar-refractivity contribution in [1.29, 1.82) is 0 Å². The summed E-state index contributed by atoms with van der Waals surface area (Å²) in [6.45, 7) is 4.12. The molecule has 0 spiro atoms. The molecular weight excluding hydrogens is 267 g/mol. The first kappa shape index (κ1) is 13.7. The minimum atomic E-state index is -0.432. The highest BCUT2D eigenvalue weighted by atomic mass is 35.5. The molecule has 2 nitrogen and oxygen atoms in total. The molecule has 19 heavy (non-hydrogen) atoms. The number of phenols is 1. The van der Waals surface area contributed by atoms with Crippen molar-refractivity contribution in [1.82, 2.24) is 0 Å². The predicted molar refractivity (Wildman–Crippen MR) is 74.4 cm³/mol. The van der Waals surface area contributed by atoms with Crippen LogP contribution in [0.25, 0.3) is 11.1 Å². The number of aromatic hydroxyl groups is 1. The van der Waals surface area contributed by atoms with Crippen LogP contribution in [0.15, 0.2) is 30.3 Å². The number of aryl methyl sites for hydroxylation is 1. The van der Waals surface area contributed by atoms with Gasteiger partial charge in [0.15, 0.2) is 0 Å². The van der Waals surface area contributed by atoms with Crippen molar-refractivity contribution < 1.29 is 14.2 Å². The van der Waals surface area contributed by atoms with Gasteiger partial charge in [0.2, 0.25) is 0 Å². The molecule has 1 N–H and O–H groups in total. The maximum absolute atomic E-state index is 13.9. The molecule has 0 radical (unpaired) electrons. The number of phenolic OH excluding ortho intramolecular Hbond substituents is 1. The Hall–Kier alpha value is -1.74. The van der Waals surface area contributed by atoms with E-state index in [0.717, 1.165) is 5.56 Å². The fraction of sp³-hybridized carbons (Fsp3) is 0.200. The maximum Gasteiger partial charge on any atom is 0.131 e. The molecule has 4 heteroatoms. The number of hydrogen-bond donors (Lipinski definition) is 1. The molecule has 100 valence electrons. The first-order valence-electron chi connectivity index (χ1n) is 5.94. The lowest BCUT2D eigenvalue weighted by Gasteiger charge is -2.11. The molecule has 0 aliphatic heterocycles. The van der Waals surface area contributed by atoms with Crippen molar-refractivity contribution in [2.24, 2.45) is 0 Å². The van der Waals surface area contributed by atoms with Gasteiger partial charge in [-0.1, -0.05) is 11.6 Å². The van der Waals surface area contributed by atoms with E-state index < -0.39 is 5.82 Å². The van der Waals surface area contributed by atoms with Crippen molar-refractivity contribution in [3.8, 4) is 22.6 Å². The lowest BCUT2D eigenvalue weighted by molar-refractivity contribution is 0.340. The van der Waals surface area contributed by atoms with Crippen molar-refractivity contribution in [2.75, 3.05) is 6.61 Å². The third-order valence-corrected chi connectivity index (χ3v) is 3.22. The second-order valence-electron chi connectivity index (χ2n) is 4.19. The van der Waals surface area contributed by atoms with Crippen LogP contribution in [0, 0.1) is 12.7 Å². The van der Waals surface area contributed by atoms with Crippen LogP contribution >= 0.6 is 11.6 Å². The number of halogens is 2. The Kier molecular flexibility index (Phi) is 3.96. The van der Waals surface area contributed by atoms with Crippen LogP contribution in [0.3, 0.4) is 0 Å². The molecule has 0 bridgehead atoms. The topological polar surface area (TPSA) is 29.5 Å². The van der Waals surface area contributed by atoms with Crippen molar-refractivity contribution in [3.05, 3.63) is 46.7 Å². The fourth-order valence-corrected chi connectivity index (χ4v) is 2.01. The summed E-state index contributed by atoms with van der Waals surface area (Å²) in [5.41, 5.74) is 1.37. The van der Waals surface area contributed by atoms with E-state index in [1.807, 2.05) is 6.92 Å². The summed E-state index contributed by atoms with van der Waals surface area (Å²) >= 11 is 6.02. The molecule has 0 aliphatic rings. The van der Waals surface area contributed by atoms with E-state index in [1.165, 1.54) is 12.1 Å². The Balaban J connectivity index is 2.57. The number of rotatable bonds is 3. The van der Waals surface area contributed by atoms with E-state index in [2.05, 4.69) is 0 Å². The van der Waals surface area contributed by atoms with Crippen LogP contribution in [-0.2, 0) is 0 Å². The predicted octanol–water partition coefficient (Wildman–Crippen LogP) is 4.56. The average molecular weight is 281 g/mol. The molecule has 0 unspecified atom stereocenters. The minimum Gasteiger partial charge on any atom is -0.507 e.